The summed E-state index contributed by atoms with van der Waals surface area (Å²) in [4.78, 5) is 0. The second kappa shape index (κ2) is 6.41. The van der Waals surface area contributed by atoms with Crippen LogP contribution in [0.3, 0.4) is 0 Å². The molecule has 0 aliphatic heterocycles. The summed E-state index contributed by atoms with van der Waals surface area (Å²) in [6, 6.07) is 0. The van der Waals surface area contributed by atoms with Gasteiger partial charge < -0.3 is 5.32 Å². The third-order valence-electron chi connectivity index (χ3n) is 2.36. The average Bonchev–Trinajstić information content (AvgIpc) is 1.96. The zero-order valence-corrected chi connectivity index (χ0v) is 8.73. The van der Waals surface area contributed by atoms with Crippen LogP contribution in [0.2, 0.25) is 0 Å². The largest absolute Gasteiger partial charge is 0.314 e. The molecule has 2 heteroatoms. The summed E-state index contributed by atoms with van der Waals surface area (Å²) in [6.45, 7) is 10.1. The van der Waals surface area contributed by atoms with Crippen LogP contribution in [0.4, 0.5) is 4.39 Å². The quantitative estimate of drug-likeness (QED) is 0.611. The Hall–Kier alpha value is -0.110. The number of rotatable bonds is 6. The van der Waals surface area contributed by atoms with E-state index in [1.165, 1.54) is 0 Å². The van der Waals surface area contributed by atoms with E-state index in [2.05, 4.69) is 33.0 Å². The van der Waals surface area contributed by atoms with Crippen molar-refractivity contribution in [2.75, 3.05) is 19.8 Å². The molecule has 0 aliphatic carbocycles. The van der Waals surface area contributed by atoms with E-state index in [4.69, 9.17) is 0 Å². The summed E-state index contributed by atoms with van der Waals surface area (Å²) in [5.74, 6) is 2.02. The monoisotopic (exact) mass is 175 g/mol. The standard InChI is InChI=1S/C10H22FN/c1-8(2)10(9(3)4)7-12-6-5-11/h8-10,12H,5-7H2,1-4H3. The Morgan fingerprint density at radius 1 is 1.08 bits per heavy atom. The van der Waals surface area contributed by atoms with Crippen LogP contribution in [0.25, 0.3) is 0 Å². The Bertz CT molecular complexity index is 94.0. The molecule has 74 valence electrons. The van der Waals surface area contributed by atoms with E-state index in [1.807, 2.05) is 0 Å². The first kappa shape index (κ1) is 11.9. The minimum absolute atomic E-state index is 0.261. The topological polar surface area (TPSA) is 12.0 Å². The second-order valence-corrected chi connectivity index (χ2v) is 4.04. The van der Waals surface area contributed by atoms with Crippen LogP contribution < -0.4 is 5.32 Å². The number of hydrogen-bond donors (Lipinski definition) is 1. The van der Waals surface area contributed by atoms with Crippen LogP contribution in [0.5, 0.6) is 0 Å². The van der Waals surface area contributed by atoms with Crippen molar-refractivity contribution >= 4 is 0 Å². The molecular weight excluding hydrogens is 153 g/mol. The third kappa shape index (κ3) is 4.70. The molecule has 0 spiro atoms. The highest BCUT2D eigenvalue weighted by Gasteiger charge is 2.16. The molecule has 0 aromatic carbocycles. The maximum Gasteiger partial charge on any atom is 0.102 e. The van der Waals surface area contributed by atoms with Crippen molar-refractivity contribution in [1.29, 1.82) is 0 Å². The molecule has 0 saturated heterocycles. The molecule has 0 bridgehead atoms. The Balaban J connectivity index is 3.64. The molecule has 0 radical (unpaired) electrons. The fourth-order valence-electron chi connectivity index (χ4n) is 1.58. The predicted octanol–water partition coefficient (Wildman–Crippen LogP) is 2.47. The fraction of sp³-hybridized carbons (Fsp3) is 1.00. The van der Waals surface area contributed by atoms with Crippen molar-refractivity contribution in [3.05, 3.63) is 0 Å². The van der Waals surface area contributed by atoms with Gasteiger partial charge in [0, 0.05) is 6.54 Å². The van der Waals surface area contributed by atoms with E-state index < -0.39 is 0 Å². The van der Waals surface area contributed by atoms with Gasteiger partial charge in [0.1, 0.15) is 6.67 Å². The third-order valence-corrected chi connectivity index (χ3v) is 2.36. The van der Waals surface area contributed by atoms with Crippen LogP contribution in [0.15, 0.2) is 0 Å². The zero-order valence-electron chi connectivity index (χ0n) is 8.73. The fourth-order valence-corrected chi connectivity index (χ4v) is 1.58. The highest BCUT2D eigenvalue weighted by Crippen LogP contribution is 2.19. The first-order chi connectivity index (χ1) is 5.59. The summed E-state index contributed by atoms with van der Waals surface area (Å²) < 4.78 is 11.8. The normalized spacial score (nSPS) is 12.0. The van der Waals surface area contributed by atoms with Crippen molar-refractivity contribution < 1.29 is 4.39 Å². The lowest BCUT2D eigenvalue weighted by Gasteiger charge is -2.24. The number of alkyl halides is 1. The van der Waals surface area contributed by atoms with Crippen LogP contribution in [-0.4, -0.2) is 19.8 Å². The molecule has 0 atom stereocenters. The van der Waals surface area contributed by atoms with Crippen molar-refractivity contribution in [2.24, 2.45) is 17.8 Å². The van der Waals surface area contributed by atoms with Gasteiger partial charge in [0.05, 0.1) is 0 Å². The number of hydrogen-bond acceptors (Lipinski definition) is 1. The van der Waals surface area contributed by atoms with Gasteiger partial charge in [0.2, 0.25) is 0 Å². The molecule has 0 aromatic rings. The molecule has 12 heavy (non-hydrogen) atoms. The second-order valence-electron chi connectivity index (χ2n) is 4.04. The Kier molecular flexibility index (Phi) is 6.35. The van der Waals surface area contributed by atoms with Gasteiger partial charge in [-0.1, -0.05) is 27.7 Å². The van der Waals surface area contributed by atoms with Crippen molar-refractivity contribution in [1.82, 2.24) is 5.32 Å². The van der Waals surface area contributed by atoms with Crippen LogP contribution >= 0.6 is 0 Å². The molecule has 0 fully saturated rings. The van der Waals surface area contributed by atoms with Crippen molar-refractivity contribution in [3.8, 4) is 0 Å². The highest BCUT2D eigenvalue weighted by molar-refractivity contribution is 4.68. The first-order valence-corrected chi connectivity index (χ1v) is 4.86. The first-order valence-electron chi connectivity index (χ1n) is 4.86. The maximum absolute atomic E-state index is 11.8. The summed E-state index contributed by atoms with van der Waals surface area (Å²) in [5, 5.41) is 3.12. The molecule has 0 amide bonds. The summed E-state index contributed by atoms with van der Waals surface area (Å²) in [6.07, 6.45) is 0. The Morgan fingerprint density at radius 3 is 1.92 bits per heavy atom. The van der Waals surface area contributed by atoms with Gasteiger partial charge in [-0.05, 0) is 24.3 Å². The molecule has 0 heterocycles. The lowest BCUT2D eigenvalue weighted by Crippen LogP contribution is -2.30. The van der Waals surface area contributed by atoms with E-state index in [0.717, 1.165) is 6.54 Å². The van der Waals surface area contributed by atoms with Crippen LogP contribution in [0, 0.1) is 17.8 Å². The maximum atomic E-state index is 11.8. The molecule has 1 N–H and O–H groups in total. The Labute approximate surface area is 75.7 Å². The SMILES string of the molecule is CC(C)C(CNCCF)C(C)C. The number of nitrogens with one attached hydrogen (secondary N) is 1. The molecule has 0 unspecified atom stereocenters. The lowest BCUT2D eigenvalue weighted by atomic mass is 9.85. The van der Waals surface area contributed by atoms with E-state index >= 15 is 0 Å². The zero-order chi connectivity index (χ0) is 9.56. The van der Waals surface area contributed by atoms with E-state index in [9.17, 15) is 4.39 Å². The van der Waals surface area contributed by atoms with Crippen molar-refractivity contribution in [3.63, 3.8) is 0 Å². The average molecular weight is 175 g/mol. The van der Waals surface area contributed by atoms with Gasteiger partial charge in [-0.15, -0.1) is 0 Å². The molecule has 0 aromatic heterocycles. The molecule has 0 rings (SSSR count). The minimum Gasteiger partial charge on any atom is -0.314 e. The van der Waals surface area contributed by atoms with E-state index in [0.29, 0.717) is 24.3 Å². The molecule has 0 saturated carbocycles. The van der Waals surface area contributed by atoms with E-state index in [1.54, 1.807) is 0 Å². The van der Waals surface area contributed by atoms with Gasteiger partial charge in [-0.3, -0.25) is 0 Å². The van der Waals surface area contributed by atoms with Gasteiger partial charge in [0.15, 0.2) is 0 Å². The Morgan fingerprint density at radius 2 is 1.58 bits per heavy atom. The lowest BCUT2D eigenvalue weighted by molar-refractivity contribution is 0.273. The van der Waals surface area contributed by atoms with Gasteiger partial charge in [-0.2, -0.15) is 0 Å². The van der Waals surface area contributed by atoms with Gasteiger partial charge in [0.25, 0.3) is 0 Å². The summed E-state index contributed by atoms with van der Waals surface area (Å²) in [7, 11) is 0. The molecular formula is C10H22FN. The molecule has 1 nitrogen and oxygen atoms in total. The minimum atomic E-state index is -0.261. The van der Waals surface area contributed by atoms with Crippen LogP contribution in [0.1, 0.15) is 27.7 Å². The smallest absolute Gasteiger partial charge is 0.102 e. The number of halogens is 1. The summed E-state index contributed by atoms with van der Waals surface area (Å²) >= 11 is 0. The van der Waals surface area contributed by atoms with Gasteiger partial charge >= 0.3 is 0 Å². The van der Waals surface area contributed by atoms with Gasteiger partial charge in [-0.25, -0.2) is 4.39 Å². The van der Waals surface area contributed by atoms with E-state index in [-0.39, 0.29) is 6.67 Å². The van der Waals surface area contributed by atoms with Crippen molar-refractivity contribution in [2.45, 2.75) is 27.7 Å². The highest BCUT2D eigenvalue weighted by atomic mass is 19.1. The molecule has 0 aliphatic rings. The summed E-state index contributed by atoms with van der Waals surface area (Å²) in [5.41, 5.74) is 0. The van der Waals surface area contributed by atoms with Crippen LogP contribution in [-0.2, 0) is 0 Å². The predicted molar refractivity (Wildman–Crippen MR) is 52.0 cm³/mol.